The van der Waals surface area contributed by atoms with Crippen LogP contribution >= 0.6 is 0 Å². The van der Waals surface area contributed by atoms with E-state index in [2.05, 4.69) is 0 Å². The molecule has 2 aromatic rings. The fraction of sp³-hybridized carbons (Fsp3) is 0.222. The minimum atomic E-state index is -1.33. The van der Waals surface area contributed by atoms with E-state index in [1.807, 2.05) is 0 Å². The number of hydrogen-bond acceptors (Lipinski definition) is 5. The highest BCUT2D eigenvalue weighted by molar-refractivity contribution is 5.79. The molecule has 0 amide bonds. The zero-order valence-corrected chi connectivity index (χ0v) is 13.2. The summed E-state index contributed by atoms with van der Waals surface area (Å²) in [5.74, 6) is -1.85. The third-order valence-corrected chi connectivity index (χ3v) is 3.70. The van der Waals surface area contributed by atoms with Gasteiger partial charge in [-0.1, -0.05) is 18.2 Å². The summed E-state index contributed by atoms with van der Waals surface area (Å²) < 4.78 is 23.6. The van der Waals surface area contributed by atoms with E-state index in [4.69, 9.17) is 14.7 Å². The first-order valence-electron chi connectivity index (χ1n) is 7.11. The second-order valence-electron chi connectivity index (χ2n) is 5.07. The van der Waals surface area contributed by atoms with Crippen molar-refractivity contribution < 1.29 is 23.8 Å². The van der Waals surface area contributed by atoms with E-state index in [1.54, 1.807) is 30.3 Å². The third-order valence-electron chi connectivity index (χ3n) is 3.70. The molecule has 1 N–H and O–H groups in total. The van der Waals surface area contributed by atoms with Crippen molar-refractivity contribution >= 4 is 5.97 Å². The smallest absolute Gasteiger partial charge is 0.316 e. The second kappa shape index (κ2) is 7.57. The molecule has 2 aromatic carbocycles. The number of nitriles is 1. The summed E-state index contributed by atoms with van der Waals surface area (Å²) in [7, 11) is 2.73. The van der Waals surface area contributed by atoms with E-state index < -0.39 is 23.8 Å². The van der Waals surface area contributed by atoms with Gasteiger partial charge < -0.3 is 14.6 Å². The Morgan fingerprint density at radius 2 is 1.79 bits per heavy atom. The monoisotopic (exact) mass is 329 g/mol. The summed E-state index contributed by atoms with van der Waals surface area (Å²) in [6.45, 7) is 0. The van der Waals surface area contributed by atoms with Crippen LogP contribution in [-0.2, 0) is 9.53 Å². The number of hydrogen-bond donors (Lipinski definition) is 1. The van der Waals surface area contributed by atoms with Gasteiger partial charge in [-0.25, -0.2) is 4.39 Å². The Hall–Kier alpha value is -2.91. The van der Waals surface area contributed by atoms with Crippen molar-refractivity contribution in [1.29, 1.82) is 5.26 Å². The molecule has 0 spiro atoms. The summed E-state index contributed by atoms with van der Waals surface area (Å²) in [6, 6.07) is 12.0. The number of rotatable bonds is 5. The molecule has 124 valence electrons. The van der Waals surface area contributed by atoms with Crippen LogP contribution in [0.25, 0.3) is 0 Å². The third kappa shape index (κ3) is 3.53. The minimum Gasteiger partial charge on any atom is -0.497 e. The minimum absolute atomic E-state index is 0.134. The average molecular weight is 329 g/mol. The van der Waals surface area contributed by atoms with Crippen molar-refractivity contribution in [2.24, 2.45) is 0 Å². The van der Waals surface area contributed by atoms with Crippen LogP contribution in [0, 0.1) is 17.1 Å². The quantitative estimate of drug-likeness (QED) is 0.853. The number of benzene rings is 2. The highest BCUT2D eigenvalue weighted by atomic mass is 19.1. The lowest BCUT2D eigenvalue weighted by molar-refractivity contribution is -0.145. The number of carbonyl (C=O) groups excluding carboxylic acids is 1. The molecule has 0 aliphatic carbocycles. The van der Waals surface area contributed by atoms with Crippen LogP contribution in [0.3, 0.4) is 0 Å². The number of nitrogens with zero attached hydrogens (tertiary/aromatic N) is 1. The van der Waals surface area contributed by atoms with E-state index in [1.165, 1.54) is 26.4 Å². The zero-order chi connectivity index (χ0) is 17.7. The Labute approximate surface area is 138 Å². The molecule has 5 nitrogen and oxygen atoms in total. The van der Waals surface area contributed by atoms with Gasteiger partial charge in [0.1, 0.15) is 23.6 Å². The summed E-state index contributed by atoms with van der Waals surface area (Å²) in [5, 5.41) is 19.3. The Morgan fingerprint density at radius 3 is 2.29 bits per heavy atom. The lowest BCUT2D eigenvalue weighted by Crippen LogP contribution is -2.22. The maximum absolute atomic E-state index is 13.8. The van der Waals surface area contributed by atoms with Gasteiger partial charge in [-0.3, -0.25) is 4.79 Å². The number of ether oxygens (including phenoxy) is 2. The van der Waals surface area contributed by atoms with E-state index in [0.717, 1.165) is 6.07 Å². The molecule has 0 fully saturated rings. The van der Waals surface area contributed by atoms with Crippen LogP contribution in [0.4, 0.5) is 4.39 Å². The van der Waals surface area contributed by atoms with Crippen molar-refractivity contribution in [3.63, 3.8) is 0 Å². The largest absolute Gasteiger partial charge is 0.497 e. The predicted molar refractivity (Wildman–Crippen MR) is 83.8 cm³/mol. The molecular formula is C18H16FNO4. The van der Waals surface area contributed by atoms with E-state index >= 15 is 0 Å². The number of aliphatic hydroxyl groups is 1. The number of halogens is 1. The molecule has 0 radical (unpaired) electrons. The highest BCUT2D eigenvalue weighted by Gasteiger charge is 2.31. The van der Waals surface area contributed by atoms with Gasteiger partial charge in [-0.15, -0.1) is 0 Å². The lowest BCUT2D eigenvalue weighted by Gasteiger charge is -2.22. The molecule has 24 heavy (non-hydrogen) atoms. The molecule has 0 aliphatic heterocycles. The summed E-state index contributed by atoms with van der Waals surface area (Å²) in [4.78, 5) is 12.1. The normalized spacial score (nSPS) is 12.8. The van der Waals surface area contributed by atoms with Gasteiger partial charge in [-0.2, -0.15) is 5.26 Å². The lowest BCUT2D eigenvalue weighted by atomic mass is 9.88. The van der Waals surface area contributed by atoms with Crippen molar-refractivity contribution in [3.05, 3.63) is 65.0 Å². The SMILES string of the molecule is COC(=O)C(c1ccc(OC)cc1)C(O)c1ccc(C#N)c(F)c1. The fourth-order valence-corrected chi connectivity index (χ4v) is 2.38. The zero-order valence-electron chi connectivity index (χ0n) is 13.2. The standard InChI is InChI=1S/C18H16FNO4/c1-23-14-7-5-11(6-8-14)16(18(22)24-2)17(21)12-3-4-13(10-20)15(19)9-12/h3-9,16-17,21H,1-2H3. The summed E-state index contributed by atoms with van der Waals surface area (Å²) in [5.41, 5.74) is 0.544. The molecule has 0 heterocycles. The van der Waals surface area contributed by atoms with Gasteiger partial charge in [0.15, 0.2) is 0 Å². The highest BCUT2D eigenvalue weighted by Crippen LogP contribution is 2.33. The second-order valence-corrected chi connectivity index (χ2v) is 5.07. The Balaban J connectivity index is 2.41. The van der Waals surface area contributed by atoms with Gasteiger partial charge in [-0.05, 0) is 35.4 Å². The van der Waals surface area contributed by atoms with Crippen LogP contribution in [0.15, 0.2) is 42.5 Å². The molecule has 0 saturated carbocycles. The predicted octanol–water partition coefficient (Wildman–Crippen LogP) is 2.70. The molecule has 0 bridgehead atoms. The number of carbonyl (C=O) groups is 1. The summed E-state index contributed by atoms with van der Waals surface area (Å²) >= 11 is 0. The molecular weight excluding hydrogens is 313 g/mol. The van der Waals surface area contributed by atoms with Crippen molar-refractivity contribution in [1.82, 2.24) is 0 Å². The van der Waals surface area contributed by atoms with Gasteiger partial charge >= 0.3 is 5.97 Å². The Bertz CT molecular complexity index is 768. The van der Waals surface area contributed by atoms with Crippen molar-refractivity contribution in [2.45, 2.75) is 12.0 Å². The average Bonchev–Trinajstić information content (AvgIpc) is 2.62. The van der Waals surface area contributed by atoms with Crippen LogP contribution in [0.1, 0.15) is 28.7 Å². The first kappa shape index (κ1) is 17.4. The van der Waals surface area contributed by atoms with Gasteiger partial charge in [0.25, 0.3) is 0 Å². The van der Waals surface area contributed by atoms with E-state index in [-0.39, 0.29) is 11.1 Å². The van der Waals surface area contributed by atoms with Crippen LogP contribution < -0.4 is 4.74 Å². The fourth-order valence-electron chi connectivity index (χ4n) is 2.38. The first-order valence-corrected chi connectivity index (χ1v) is 7.11. The van der Waals surface area contributed by atoms with E-state index in [9.17, 15) is 14.3 Å². The molecule has 0 aliphatic rings. The molecule has 6 heteroatoms. The maximum atomic E-state index is 13.8. The Morgan fingerprint density at radius 1 is 1.17 bits per heavy atom. The molecule has 2 atom stereocenters. The van der Waals surface area contributed by atoms with Gasteiger partial charge in [0.05, 0.1) is 25.9 Å². The van der Waals surface area contributed by atoms with Crippen molar-refractivity contribution in [2.75, 3.05) is 14.2 Å². The van der Waals surface area contributed by atoms with Gasteiger partial charge in [0.2, 0.25) is 0 Å². The molecule has 0 saturated heterocycles. The molecule has 0 aromatic heterocycles. The van der Waals surface area contributed by atoms with E-state index in [0.29, 0.717) is 11.3 Å². The van der Waals surface area contributed by atoms with Crippen LogP contribution in [0.5, 0.6) is 5.75 Å². The number of methoxy groups -OCH3 is 2. The number of esters is 1. The molecule has 2 unspecified atom stereocenters. The molecule has 2 rings (SSSR count). The van der Waals surface area contributed by atoms with Crippen LogP contribution in [-0.4, -0.2) is 25.3 Å². The van der Waals surface area contributed by atoms with Gasteiger partial charge in [0, 0.05) is 0 Å². The van der Waals surface area contributed by atoms with Crippen LogP contribution in [0.2, 0.25) is 0 Å². The maximum Gasteiger partial charge on any atom is 0.316 e. The van der Waals surface area contributed by atoms with Crippen molar-refractivity contribution in [3.8, 4) is 11.8 Å². The number of aliphatic hydroxyl groups excluding tert-OH is 1. The topological polar surface area (TPSA) is 79.6 Å². The summed E-state index contributed by atoms with van der Waals surface area (Å²) in [6.07, 6.45) is -1.33. The first-order chi connectivity index (χ1) is 11.5. The Kier molecular flexibility index (Phi) is 5.51.